The number of hydrogen-bond acceptors (Lipinski definition) is 5. The maximum atomic E-state index is 14.9. The first kappa shape index (κ1) is 26.9. The molecule has 1 N–H and O–H groups in total. The Balaban J connectivity index is 0.00000320. The molecule has 3 heterocycles. The van der Waals surface area contributed by atoms with Crippen molar-refractivity contribution in [3.05, 3.63) is 90.0 Å². The van der Waals surface area contributed by atoms with Crippen molar-refractivity contribution in [3.63, 3.8) is 0 Å². The first-order chi connectivity index (χ1) is 17.3. The molecule has 5 atom stereocenters. The van der Waals surface area contributed by atoms with Crippen molar-refractivity contribution in [3.8, 4) is 0 Å². The number of hydrogen-bond donors (Lipinski definition) is 1. The number of amides is 1. The molecular formula is C28H31ClF2N4O2. The van der Waals surface area contributed by atoms with Crippen molar-refractivity contribution < 1.29 is 18.7 Å². The van der Waals surface area contributed by atoms with Gasteiger partial charge in [-0.3, -0.25) is 4.79 Å². The van der Waals surface area contributed by atoms with Gasteiger partial charge in [0.15, 0.2) is 0 Å². The van der Waals surface area contributed by atoms with E-state index < -0.39 is 29.1 Å². The maximum absolute atomic E-state index is 14.9. The predicted molar refractivity (Wildman–Crippen MR) is 139 cm³/mol. The summed E-state index contributed by atoms with van der Waals surface area (Å²) in [4.78, 5) is 25.9. The fourth-order valence-electron chi connectivity index (χ4n) is 6.03. The summed E-state index contributed by atoms with van der Waals surface area (Å²) in [6.07, 6.45) is 4.77. The quantitative estimate of drug-likeness (QED) is 0.543. The minimum absolute atomic E-state index is 0. The van der Waals surface area contributed by atoms with E-state index in [1.807, 2.05) is 49.1 Å². The average Bonchev–Trinajstić information content (AvgIpc) is 3.32. The fraction of sp³-hybridized carbons (Fsp3) is 0.393. The van der Waals surface area contributed by atoms with Gasteiger partial charge in [-0.1, -0.05) is 50.2 Å². The van der Waals surface area contributed by atoms with E-state index >= 15 is 0 Å². The van der Waals surface area contributed by atoms with E-state index in [-0.39, 0.29) is 30.2 Å². The van der Waals surface area contributed by atoms with E-state index in [2.05, 4.69) is 9.97 Å². The van der Waals surface area contributed by atoms with E-state index in [9.17, 15) is 18.7 Å². The van der Waals surface area contributed by atoms with Crippen LogP contribution in [-0.4, -0.2) is 52.1 Å². The molecule has 196 valence electrons. The summed E-state index contributed by atoms with van der Waals surface area (Å²) in [5.41, 5.74) is 0.871. The lowest BCUT2D eigenvalue weighted by Gasteiger charge is -2.48. The van der Waals surface area contributed by atoms with Crippen LogP contribution >= 0.6 is 12.4 Å². The lowest BCUT2D eigenvalue weighted by Crippen LogP contribution is -2.57. The van der Waals surface area contributed by atoms with Gasteiger partial charge in [0, 0.05) is 50.0 Å². The molecule has 0 bridgehead atoms. The van der Waals surface area contributed by atoms with Crippen molar-refractivity contribution in [1.82, 2.24) is 14.9 Å². The van der Waals surface area contributed by atoms with E-state index in [1.165, 1.54) is 18.5 Å². The zero-order valence-corrected chi connectivity index (χ0v) is 21.6. The van der Waals surface area contributed by atoms with Gasteiger partial charge in [-0.15, -0.1) is 12.4 Å². The Morgan fingerprint density at radius 3 is 2.24 bits per heavy atom. The molecule has 0 aliphatic carbocycles. The van der Waals surface area contributed by atoms with Gasteiger partial charge in [0.25, 0.3) is 0 Å². The van der Waals surface area contributed by atoms with Crippen molar-refractivity contribution in [2.45, 2.75) is 25.4 Å². The van der Waals surface area contributed by atoms with Crippen molar-refractivity contribution >= 4 is 24.0 Å². The Kier molecular flexibility index (Phi) is 7.80. The molecule has 9 heteroatoms. The largest absolute Gasteiger partial charge is 0.384 e. The fourth-order valence-corrected chi connectivity index (χ4v) is 6.03. The molecule has 2 fully saturated rings. The Morgan fingerprint density at radius 2 is 1.62 bits per heavy atom. The number of nitrogens with zero attached hydrogens (tertiary/aromatic N) is 4. The highest BCUT2D eigenvalue weighted by Crippen LogP contribution is 2.43. The molecule has 1 unspecified atom stereocenters. The normalized spacial score (nSPS) is 27.6. The highest BCUT2D eigenvalue weighted by Gasteiger charge is 2.49. The Morgan fingerprint density at radius 1 is 0.973 bits per heavy atom. The van der Waals surface area contributed by atoms with Crippen LogP contribution in [0.3, 0.4) is 0 Å². The van der Waals surface area contributed by atoms with Crippen molar-refractivity contribution in [1.29, 1.82) is 0 Å². The molecule has 37 heavy (non-hydrogen) atoms. The summed E-state index contributed by atoms with van der Waals surface area (Å²) in [7, 11) is 0. The van der Waals surface area contributed by atoms with Crippen LogP contribution in [0, 0.1) is 29.4 Å². The van der Waals surface area contributed by atoms with Gasteiger partial charge >= 0.3 is 0 Å². The Bertz CT molecular complexity index is 1220. The standard InChI is InChI=1S/C28H30F2N4O2.ClH/c1-18-13-34(14-19(2)28(18,36)20-6-4-3-5-7-20)27(35)25-16-33(22-11-31-17-32-12-22)15-24(25)23-9-8-21(29)10-26(23)30;/h3-12,17-19,24-25,36H,13-16H2,1-2H3;1H/t18-,19+,24-,25+,28?;/m0./s1. The van der Waals surface area contributed by atoms with Crippen LogP contribution < -0.4 is 4.90 Å². The van der Waals surface area contributed by atoms with Gasteiger partial charge in [0.2, 0.25) is 5.91 Å². The predicted octanol–water partition coefficient (Wildman–Crippen LogP) is 4.40. The summed E-state index contributed by atoms with van der Waals surface area (Å²) < 4.78 is 28.5. The summed E-state index contributed by atoms with van der Waals surface area (Å²) in [6.45, 7) is 5.45. The Hall–Kier alpha value is -3.10. The summed E-state index contributed by atoms with van der Waals surface area (Å²) in [6, 6.07) is 13.1. The molecule has 1 aromatic heterocycles. The maximum Gasteiger partial charge on any atom is 0.228 e. The number of anilines is 1. The zero-order valence-electron chi connectivity index (χ0n) is 20.8. The zero-order chi connectivity index (χ0) is 25.4. The number of benzene rings is 2. The molecule has 1 amide bonds. The Labute approximate surface area is 221 Å². The monoisotopic (exact) mass is 528 g/mol. The number of aliphatic hydroxyl groups is 1. The van der Waals surface area contributed by atoms with Crippen LogP contribution in [0.2, 0.25) is 0 Å². The number of likely N-dealkylation sites (tertiary alicyclic amines) is 1. The van der Waals surface area contributed by atoms with E-state index in [1.54, 1.807) is 17.3 Å². The van der Waals surface area contributed by atoms with Crippen LogP contribution in [0.1, 0.15) is 30.9 Å². The number of aromatic nitrogens is 2. The van der Waals surface area contributed by atoms with Gasteiger partial charge in [-0.2, -0.15) is 0 Å². The van der Waals surface area contributed by atoms with Crippen LogP contribution in [0.5, 0.6) is 0 Å². The van der Waals surface area contributed by atoms with E-state index in [0.717, 1.165) is 17.3 Å². The van der Waals surface area contributed by atoms with Gasteiger partial charge < -0.3 is 14.9 Å². The SMILES string of the molecule is C[C@@H]1CN(C(=O)[C@@H]2CN(c3cncnc3)C[C@H]2c2ccc(F)cc2F)C[C@H](C)C1(O)c1ccccc1.Cl. The van der Waals surface area contributed by atoms with Crippen LogP contribution in [0.4, 0.5) is 14.5 Å². The summed E-state index contributed by atoms with van der Waals surface area (Å²) in [5, 5.41) is 11.7. The number of rotatable bonds is 4. The molecule has 0 radical (unpaired) electrons. The van der Waals surface area contributed by atoms with Crippen LogP contribution in [0.25, 0.3) is 0 Å². The highest BCUT2D eigenvalue weighted by molar-refractivity contribution is 5.85. The van der Waals surface area contributed by atoms with Crippen molar-refractivity contribution in [2.24, 2.45) is 17.8 Å². The molecule has 2 aliphatic heterocycles. The molecule has 6 nitrogen and oxygen atoms in total. The van der Waals surface area contributed by atoms with Crippen molar-refractivity contribution in [2.75, 3.05) is 31.1 Å². The lowest BCUT2D eigenvalue weighted by molar-refractivity contribution is -0.152. The second-order valence-electron chi connectivity index (χ2n) is 10.1. The third kappa shape index (κ3) is 4.92. The van der Waals surface area contributed by atoms with Crippen LogP contribution in [-0.2, 0) is 10.4 Å². The van der Waals surface area contributed by atoms with Crippen LogP contribution in [0.15, 0.2) is 67.3 Å². The number of carbonyl (C=O) groups is 1. The minimum atomic E-state index is -1.05. The molecular weight excluding hydrogens is 498 g/mol. The lowest BCUT2D eigenvalue weighted by atomic mass is 9.70. The summed E-state index contributed by atoms with van der Waals surface area (Å²) >= 11 is 0. The molecule has 0 saturated carbocycles. The minimum Gasteiger partial charge on any atom is -0.384 e. The molecule has 2 saturated heterocycles. The van der Waals surface area contributed by atoms with Gasteiger partial charge in [-0.05, 0) is 17.2 Å². The number of piperidine rings is 1. The average molecular weight is 529 g/mol. The van der Waals surface area contributed by atoms with Gasteiger partial charge in [0.05, 0.1) is 29.6 Å². The summed E-state index contributed by atoms with van der Waals surface area (Å²) in [5.74, 6) is -2.78. The first-order valence-electron chi connectivity index (χ1n) is 12.3. The topological polar surface area (TPSA) is 69.6 Å². The van der Waals surface area contributed by atoms with Gasteiger partial charge in [-0.25, -0.2) is 18.7 Å². The van der Waals surface area contributed by atoms with E-state index in [0.29, 0.717) is 31.7 Å². The highest BCUT2D eigenvalue weighted by atomic mass is 35.5. The number of carbonyl (C=O) groups excluding carboxylic acids is 1. The smallest absolute Gasteiger partial charge is 0.228 e. The van der Waals surface area contributed by atoms with Gasteiger partial charge in [0.1, 0.15) is 18.0 Å². The molecule has 3 aromatic rings. The van der Waals surface area contributed by atoms with E-state index in [4.69, 9.17) is 0 Å². The third-order valence-electron chi connectivity index (χ3n) is 7.95. The molecule has 5 rings (SSSR count). The number of halogens is 3. The molecule has 2 aliphatic rings. The second kappa shape index (κ2) is 10.7. The molecule has 0 spiro atoms. The third-order valence-corrected chi connectivity index (χ3v) is 7.95. The molecule has 2 aromatic carbocycles. The second-order valence-corrected chi connectivity index (χ2v) is 10.1. The first-order valence-corrected chi connectivity index (χ1v) is 12.3.